The molecule has 0 heterocycles. The lowest BCUT2D eigenvalue weighted by Crippen LogP contribution is -2.24. The van der Waals surface area contributed by atoms with Crippen LogP contribution in [-0.4, -0.2) is 25.2 Å². The Morgan fingerprint density at radius 3 is 2.77 bits per heavy atom. The Balaban J connectivity index is 2.82. The molecule has 120 valence electrons. The van der Waals surface area contributed by atoms with Crippen molar-refractivity contribution in [3.05, 3.63) is 27.8 Å². The lowest BCUT2D eigenvalue weighted by Gasteiger charge is -2.18. The van der Waals surface area contributed by atoms with E-state index in [9.17, 15) is 15.0 Å². The van der Waals surface area contributed by atoms with E-state index in [-0.39, 0.29) is 17.5 Å². The van der Waals surface area contributed by atoms with Gasteiger partial charge in [0.25, 0.3) is 0 Å². The second-order valence-electron chi connectivity index (χ2n) is 5.86. The van der Waals surface area contributed by atoms with Crippen LogP contribution in [0.5, 0.6) is 0 Å². The highest BCUT2D eigenvalue weighted by molar-refractivity contribution is 5.94. The van der Waals surface area contributed by atoms with Gasteiger partial charge in [-0.25, -0.2) is 4.79 Å². The lowest BCUT2D eigenvalue weighted by atomic mass is 9.95. The van der Waals surface area contributed by atoms with Gasteiger partial charge < -0.3 is 10.1 Å². The van der Waals surface area contributed by atoms with E-state index in [1.165, 1.54) is 0 Å². The number of esters is 1. The summed E-state index contributed by atoms with van der Waals surface area (Å²) in [6.45, 7) is 6.36. The first-order valence-electron chi connectivity index (χ1n) is 7.55. The van der Waals surface area contributed by atoms with Crippen molar-refractivity contribution in [2.45, 2.75) is 46.1 Å². The molecule has 0 aromatic rings. The summed E-state index contributed by atoms with van der Waals surface area (Å²) in [5.74, 6) is -0.336. The molecule has 1 rings (SSSR count). The van der Waals surface area contributed by atoms with Crippen molar-refractivity contribution in [2.75, 3.05) is 13.2 Å². The predicted octanol–water partition coefficient (Wildman–Crippen LogP) is 2.82. The molecule has 1 atom stereocenters. The molecule has 6 heteroatoms. The van der Waals surface area contributed by atoms with Crippen molar-refractivity contribution >= 4 is 5.97 Å². The van der Waals surface area contributed by atoms with Crippen LogP contribution in [0.2, 0.25) is 0 Å². The fourth-order valence-corrected chi connectivity index (χ4v) is 2.04. The third-order valence-electron chi connectivity index (χ3n) is 3.23. The van der Waals surface area contributed by atoms with Crippen LogP contribution in [0.25, 0.3) is 0 Å². The quantitative estimate of drug-likeness (QED) is 0.338. The number of nitrogens with one attached hydrogen (secondary N) is 1. The molecule has 1 unspecified atom stereocenters. The summed E-state index contributed by atoms with van der Waals surface area (Å²) >= 11 is 0. The largest absolute Gasteiger partial charge is 0.461 e. The topological polar surface area (TPSA) is 91.6 Å². The van der Waals surface area contributed by atoms with Crippen LogP contribution in [-0.2, 0) is 9.53 Å². The number of nitriles is 1. The molecular formula is C16H23N3O3. The van der Waals surface area contributed by atoms with Gasteiger partial charge in [0, 0.05) is 12.2 Å². The lowest BCUT2D eigenvalue weighted by molar-refractivity contribution is -0.139. The third kappa shape index (κ3) is 5.68. The number of nitrogens with zero attached hydrogens (tertiary/aromatic N) is 2. The third-order valence-corrected chi connectivity index (χ3v) is 3.23. The molecule has 0 fully saturated rings. The van der Waals surface area contributed by atoms with Crippen LogP contribution in [0.4, 0.5) is 0 Å². The van der Waals surface area contributed by atoms with Gasteiger partial charge in [0.2, 0.25) is 0 Å². The van der Waals surface area contributed by atoms with Crippen LogP contribution in [0.15, 0.2) is 28.1 Å². The highest BCUT2D eigenvalue weighted by Crippen LogP contribution is 2.24. The molecule has 22 heavy (non-hydrogen) atoms. The minimum absolute atomic E-state index is 0.0706. The minimum atomic E-state index is -0.563. The van der Waals surface area contributed by atoms with Gasteiger partial charge in [-0.05, 0) is 43.8 Å². The summed E-state index contributed by atoms with van der Waals surface area (Å²) in [4.78, 5) is 22.4. The van der Waals surface area contributed by atoms with E-state index in [1.807, 2.05) is 26.0 Å². The average Bonchev–Trinajstić information content (AvgIpc) is 2.51. The van der Waals surface area contributed by atoms with Crippen molar-refractivity contribution in [1.29, 1.82) is 5.26 Å². The molecule has 0 saturated carbocycles. The van der Waals surface area contributed by atoms with E-state index in [2.05, 4.69) is 10.5 Å². The van der Waals surface area contributed by atoms with Gasteiger partial charge in [0.05, 0.1) is 6.61 Å². The normalized spacial score (nSPS) is 18.0. The van der Waals surface area contributed by atoms with Crippen LogP contribution >= 0.6 is 0 Å². The van der Waals surface area contributed by atoms with Crippen molar-refractivity contribution in [3.8, 4) is 6.07 Å². The molecule has 0 amide bonds. The average molecular weight is 305 g/mol. The Morgan fingerprint density at radius 1 is 1.45 bits per heavy atom. The van der Waals surface area contributed by atoms with Gasteiger partial charge in [0.15, 0.2) is 0 Å². The minimum Gasteiger partial charge on any atom is -0.461 e. The van der Waals surface area contributed by atoms with Crippen LogP contribution in [0, 0.1) is 22.2 Å². The highest BCUT2D eigenvalue weighted by Gasteiger charge is 2.19. The summed E-state index contributed by atoms with van der Waals surface area (Å²) in [6.07, 6.45) is 4.16. The number of hydrogen-bond acceptors (Lipinski definition) is 6. The molecule has 0 aromatic heterocycles. The Bertz CT molecular complexity index is 515. The van der Waals surface area contributed by atoms with Gasteiger partial charge >= 0.3 is 5.97 Å². The molecular weight excluding hydrogens is 282 g/mol. The number of nitroso groups, excluding NO2 is 1. The van der Waals surface area contributed by atoms with Gasteiger partial charge in [0.1, 0.15) is 17.7 Å². The second kappa shape index (κ2) is 8.98. The molecule has 6 nitrogen and oxygen atoms in total. The van der Waals surface area contributed by atoms with Crippen LogP contribution < -0.4 is 5.32 Å². The first kappa shape index (κ1) is 17.9. The Kier molecular flexibility index (Phi) is 7.30. The second-order valence-corrected chi connectivity index (χ2v) is 5.86. The van der Waals surface area contributed by atoms with Crippen molar-refractivity contribution in [1.82, 2.24) is 5.32 Å². The van der Waals surface area contributed by atoms with Gasteiger partial charge in [-0.1, -0.05) is 19.0 Å². The standard InChI is InChI=1S/C16H23N3O3/c1-11(2)10-22-16(20)15(8-17)13-5-4-6-14(7-13)18-9-12(3)19-21/h7,11-12,18H,4-6,9-10H2,1-3H3/b15-13-. The summed E-state index contributed by atoms with van der Waals surface area (Å²) in [5, 5.41) is 15.3. The summed E-state index contributed by atoms with van der Waals surface area (Å²) < 4.78 is 5.14. The van der Waals surface area contributed by atoms with E-state index < -0.39 is 5.97 Å². The van der Waals surface area contributed by atoms with Crippen molar-refractivity contribution < 1.29 is 9.53 Å². The van der Waals surface area contributed by atoms with Gasteiger partial charge in [-0.2, -0.15) is 10.2 Å². The number of rotatable bonds is 7. The molecule has 1 N–H and O–H groups in total. The monoisotopic (exact) mass is 305 g/mol. The molecule has 1 aliphatic rings. The highest BCUT2D eigenvalue weighted by atomic mass is 16.5. The maximum atomic E-state index is 12.0. The zero-order valence-electron chi connectivity index (χ0n) is 13.4. The number of ether oxygens (including phenoxy) is 1. The fourth-order valence-electron chi connectivity index (χ4n) is 2.04. The van der Waals surface area contributed by atoms with Crippen LogP contribution in [0.3, 0.4) is 0 Å². The Morgan fingerprint density at radius 2 is 2.18 bits per heavy atom. The van der Waals surface area contributed by atoms with E-state index in [0.717, 1.165) is 18.5 Å². The summed E-state index contributed by atoms with van der Waals surface area (Å²) in [5.41, 5.74) is 1.68. The molecule has 0 aromatic carbocycles. The first-order chi connectivity index (χ1) is 10.5. The smallest absolute Gasteiger partial charge is 0.349 e. The number of carbonyl (C=O) groups is 1. The van der Waals surface area contributed by atoms with E-state index in [1.54, 1.807) is 6.92 Å². The van der Waals surface area contributed by atoms with Gasteiger partial charge in [-0.15, -0.1) is 0 Å². The van der Waals surface area contributed by atoms with Crippen LogP contribution in [0.1, 0.15) is 40.0 Å². The Labute approximate surface area is 131 Å². The zero-order valence-corrected chi connectivity index (χ0v) is 13.4. The van der Waals surface area contributed by atoms with E-state index in [4.69, 9.17) is 4.74 Å². The number of carbonyl (C=O) groups excluding carboxylic acids is 1. The van der Waals surface area contributed by atoms with Gasteiger partial charge in [-0.3, -0.25) is 0 Å². The molecule has 0 saturated heterocycles. The zero-order chi connectivity index (χ0) is 16.5. The fraction of sp³-hybridized carbons (Fsp3) is 0.625. The van der Waals surface area contributed by atoms with E-state index in [0.29, 0.717) is 25.1 Å². The Hall–Kier alpha value is -2.16. The van der Waals surface area contributed by atoms with Crippen molar-refractivity contribution in [2.24, 2.45) is 11.1 Å². The maximum absolute atomic E-state index is 12.0. The molecule has 0 spiro atoms. The SMILES string of the molecule is CC(C)COC(=O)/C(C#N)=C1\C=C(NCC(C)N=O)CCC1. The first-order valence-corrected chi connectivity index (χ1v) is 7.55. The maximum Gasteiger partial charge on any atom is 0.349 e. The molecule has 0 aliphatic heterocycles. The summed E-state index contributed by atoms with van der Waals surface area (Å²) in [7, 11) is 0. The summed E-state index contributed by atoms with van der Waals surface area (Å²) in [6, 6.07) is 1.64. The number of allylic oxidation sites excluding steroid dienone is 3. The predicted molar refractivity (Wildman–Crippen MR) is 83.6 cm³/mol. The molecule has 1 aliphatic carbocycles. The molecule has 0 bridgehead atoms. The van der Waals surface area contributed by atoms with Crippen molar-refractivity contribution in [3.63, 3.8) is 0 Å². The van der Waals surface area contributed by atoms with E-state index >= 15 is 0 Å². The molecule has 0 radical (unpaired) electrons. The number of hydrogen-bond donors (Lipinski definition) is 1.